The number of carbonyl (C=O) groups excluding carboxylic acids is 1. The highest BCUT2D eigenvalue weighted by Crippen LogP contribution is 2.36. The summed E-state index contributed by atoms with van der Waals surface area (Å²) < 4.78 is 8.04. The summed E-state index contributed by atoms with van der Waals surface area (Å²) in [6.45, 7) is 6.27. The summed E-state index contributed by atoms with van der Waals surface area (Å²) in [5.74, 6) is 1.31. The molecule has 1 aliphatic rings. The van der Waals surface area contributed by atoms with Crippen molar-refractivity contribution < 1.29 is 9.53 Å². The van der Waals surface area contributed by atoms with Crippen molar-refractivity contribution in [1.29, 1.82) is 0 Å². The van der Waals surface area contributed by atoms with Crippen LogP contribution in [0.5, 0.6) is 11.5 Å². The summed E-state index contributed by atoms with van der Waals surface area (Å²) >= 11 is 0. The van der Waals surface area contributed by atoms with Gasteiger partial charge in [-0.1, -0.05) is 57.2 Å². The number of aromatic amines is 1. The summed E-state index contributed by atoms with van der Waals surface area (Å²) in [5, 5.41) is 12.3. The molecule has 11 heteroatoms. The van der Waals surface area contributed by atoms with Crippen molar-refractivity contribution in [1.82, 2.24) is 24.7 Å². The molecule has 2 aromatic carbocycles. The Morgan fingerprint density at radius 1 is 1.07 bits per heavy atom. The van der Waals surface area contributed by atoms with E-state index in [1.807, 2.05) is 47.2 Å². The molecule has 212 valence electrons. The van der Waals surface area contributed by atoms with Gasteiger partial charge in [-0.2, -0.15) is 5.10 Å². The third-order valence-corrected chi connectivity index (χ3v) is 6.93. The van der Waals surface area contributed by atoms with E-state index in [1.54, 1.807) is 18.2 Å². The van der Waals surface area contributed by atoms with Gasteiger partial charge in [-0.25, -0.2) is 19.4 Å². The second-order valence-corrected chi connectivity index (χ2v) is 11.0. The van der Waals surface area contributed by atoms with E-state index in [4.69, 9.17) is 15.6 Å². The third-order valence-electron chi connectivity index (χ3n) is 6.93. The number of carbonyl (C=O) groups is 1. The molecule has 0 fully saturated rings. The zero-order valence-electron chi connectivity index (χ0n) is 23.4. The fourth-order valence-electron chi connectivity index (χ4n) is 4.74. The molecule has 5 aromatic rings. The van der Waals surface area contributed by atoms with Crippen LogP contribution in [-0.4, -0.2) is 30.8 Å². The Balaban J connectivity index is 1.30. The molecule has 0 aliphatic heterocycles. The van der Waals surface area contributed by atoms with Crippen LogP contribution in [0.4, 0.5) is 22.1 Å². The number of aromatic nitrogens is 5. The topological polar surface area (TPSA) is 153 Å². The van der Waals surface area contributed by atoms with Gasteiger partial charge in [0.15, 0.2) is 17.2 Å². The van der Waals surface area contributed by atoms with Crippen LogP contribution in [0.3, 0.4) is 0 Å². The van der Waals surface area contributed by atoms with E-state index >= 15 is 0 Å². The number of allylic oxidation sites excluding steroid dienone is 4. The molecule has 0 atom stereocenters. The second kappa shape index (κ2) is 10.5. The van der Waals surface area contributed by atoms with Gasteiger partial charge in [0.1, 0.15) is 17.1 Å². The first-order valence-electron chi connectivity index (χ1n) is 13.6. The van der Waals surface area contributed by atoms with Gasteiger partial charge in [0.05, 0.1) is 11.4 Å². The number of nitrogens with two attached hydrogens (primary N) is 1. The fraction of sp³-hybridized carbons (Fsp3) is 0.194. The van der Waals surface area contributed by atoms with Crippen LogP contribution in [0.25, 0.3) is 27.6 Å². The normalized spacial score (nSPS) is 13.3. The Labute approximate surface area is 241 Å². The van der Waals surface area contributed by atoms with Crippen molar-refractivity contribution in [3.05, 3.63) is 89.0 Å². The van der Waals surface area contributed by atoms with Crippen LogP contribution < -0.4 is 26.7 Å². The average Bonchev–Trinajstić information content (AvgIpc) is 3.40. The molecule has 11 nitrogen and oxygen atoms in total. The smallest absolute Gasteiger partial charge is 0.324 e. The number of rotatable bonds is 5. The summed E-state index contributed by atoms with van der Waals surface area (Å²) in [6.07, 6.45) is 9.41. The number of nitrogens with one attached hydrogen (secondary N) is 3. The monoisotopic (exact) mass is 562 g/mol. The second-order valence-electron chi connectivity index (χ2n) is 11.0. The number of amides is 2. The lowest BCUT2D eigenvalue weighted by molar-refractivity contribution is 0.262. The van der Waals surface area contributed by atoms with Crippen LogP contribution >= 0.6 is 0 Å². The lowest BCUT2D eigenvalue weighted by atomic mass is 9.92. The Morgan fingerprint density at radius 2 is 1.88 bits per heavy atom. The highest BCUT2D eigenvalue weighted by molar-refractivity contribution is 6.07. The molecule has 0 bridgehead atoms. The molecule has 3 heterocycles. The van der Waals surface area contributed by atoms with E-state index in [2.05, 4.69) is 52.4 Å². The van der Waals surface area contributed by atoms with Crippen LogP contribution in [-0.2, 0) is 5.41 Å². The lowest BCUT2D eigenvalue weighted by Gasteiger charge is -2.16. The number of urea groups is 1. The highest BCUT2D eigenvalue weighted by Gasteiger charge is 2.23. The van der Waals surface area contributed by atoms with E-state index in [0.29, 0.717) is 28.5 Å². The summed E-state index contributed by atoms with van der Waals surface area (Å²) in [5.41, 5.74) is 8.01. The van der Waals surface area contributed by atoms with E-state index in [9.17, 15) is 9.59 Å². The predicted octanol–water partition coefficient (Wildman–Crippen LogP) is 6.17. The standard InChI is InChI=1S/C31H30N8O3/c1-31(2,3)24-17-25(39(38-24)18-9-5-4-6-10-18)35-30(41)34-21-13-14-22(20-12-8-7-11-19(20)21)42-23-15-16-33-28-26(23)36-29(40)27(32)37-28/h4-5,7-9,11-17H,6,10H2,1-3H3,(H,36,40)(H2,32,33,37)(H2,34,35,41). The molecule has 2 amide bonds. The molecule has 0 unspecified atom stereocenters. The van der Waals surface area contributed by atoms with Gasteiger partial charge in [0.25, 0.3) is 5.56 Å². The maximum absolute atomic E-state index is 13.3. The number of H-pyrrole nitrogens is 1. The van der Waals surface area contributed by atoms with E-state index in [1.165, 1.54) is 6.20 Å². The molecule has 5 N–H and O–H groups in total. The quantitative estimate of drug-likeness (QED) is 0.200. The van der Waals surface area contributed by atoms with Crippen LogP contribution in [0.1, 0.15) is 39.3 Å². The zero-order valence-corrected chi connectivity index (χ0v) is 23.4. The molecule has 0 saturated carbocycles. The molecular weight excluding hydrogens is 532 g/mol. The van der Waals surface area contributed by atoms with E-state index in [0.717, 1.165) is 35.0 Å². The first-order chi connectivity index (χ1) is 20.2. The zero-order chi connectivity index (χ0) is 29.4. The van der Waals surface area contributed by atoms with E-state index < -0.39 is 11.6 Å². The van der Waals surface area contributed by atoms with Gasteiger partial charge in [-0.3, -0.25) is 10.1 Å². The number of nitrogens with zero attached hydrogens (tertiary/aromatic N) is 4. The van der Waals surface area contributed by atoms with Crippen LogP contribution in [0.2, 0.25) is 0 Å². The number of benzene rings is 2. The van der Waals surface area contributed by atoms with Crippen molar-refractivity contribution in [2.75, 3.05) is 16.4 Å². The van der Waals surface area contributed by atoms with Crippen molar-refractivity contribution in [2.45, 2.75) is 39.0 Å². The Bertz CT molecular complexity index is 1960. The highest BCUT2D eigenvalue weighted by atomic mass is 16.5. The van der Waals surface area contributed by atoms with Gasteiger partial charge in [0.2, 0.25) is 0 Å². The summed E-state index contributed by atoms with van der Waals surface area (Å²) in [6, 6.07) is 14.2. The number of anilines is 3. The van der Waals surface area contributed by atoms with Gasteiger partial charge >= 0.3 is 6.03 Å². The van der Waals surface area contributed by atoms with Crippen molar-refractivity contribution in [3.8, 4) is 11.5 Å². The molecular formula is C31H30N8O3. The number of ether oxygens (including phenoxy) is 1. The predicted molar refractivity (Wildman–Crippen MR) is 165 cm³/mol. The molecule has 0 spiro atoms. The maximum Gasteiger partial charge on any atom is 0.324 e. The molecule has 0 radical (unpaired) electrons. The molecule has 3 aromatic heterocycles. The summed E-state index contributed by atoms with van der Waals surface area (Å²) in [4.78, 5) is 36.3. The minimum atomic E-state index is -0.525. The van der Waals surface area contributed by atoms with Gasteiger partial charge in [-0.05, 0) is 31.1 Å². The van der Waals surface area contributed by atoms with Crippen molar-refractivity contribution in [2.24, 2.45) is 0 Å². The number of fused-ring (bicyclic) bond motifs is 2. The van der Waals surface area contributed by atoms with Gasteiger partial charge in [0, 0.05) is 40.2 Å². The van der Waals surface area contributed by atoms with Crippen LogP contribution in [0, 0.1) is 0 Å². The Kier molecular flexibility index (Phi) is 6.69. The number of nitrogen functional groups attached to an aromatic ring is 1. The number of hydrogen-bond donors (Lipinski definition) is 4. The third kappa shape index (κ3) is 5.19. The van der Waals surface area contributed by atoms with Gasteiger partial charge in [-0.15, -0.1) is 0 Å². The SMILES string of the molecule is CC(C)(C)c1cc(NC(=O)Nc2ccc(Oc3ccnc4nc(N)c(=O)[nH]c34)c3ccccc23)n(C2=CC=CCC2)n1. The van der Waals surface area contributed by atoms with Crippen molar-refractivity contribution in [3.63, 3.8) is 0 Å². The fourth-order valence-corrected chi connectivity index (χ4v) is 4.74. The average molecular weight is 563 g/mol. The summed E-state index contributed by atoms with van der Waals surface area (Å²) in [7, 11) is 0. The Hall–Kier alpha value is -5.45. The number of hydrogen-bond acceptors (Lipinski definition) is 7. The maximum atomic E-state index is 13.3. The minimum Gasteiger partial charge on any atom is -0.454 e. The first-order valence-corrected chi connectivity index (χ1v) is 13.6. The molecule has 42 heavy (non-hydrogen) atoms. The first kappa shape index (κ1) is 26.8. The van der Waals surface area contributed by atoms with Crippen LogP contribution in [0.15, 0.2) is 77.8 Å². The van der Waals surface area contributed by atoms with Gasteiger partial charge < -0.3 is 20.8 Å². The van der Waals surface area contributed by atoms with Crippen molar-refractivity contribution >= 4 is 51.0 Å². The molecule has 6 rings (SSSR count). The Morgan fingerprint density at radius 3 is 2.64 bits per heavy atom. The van der Waals surface area contributed by atoms with E-state index in [-0.39, 0.29) is 16.9 Å². The molecule has 0 saturated heterocycles. The number of pyridine rings is 1. The molecule has 1 aliphatic carbocycles. The largest absolute Gasteiger partial charge is 0.454 e. The minimum absolute atomic E-state index is 0.170. The lowest BCUT2D eigenvalue weighted by Crippen LogP contribution is -2.21.